The van der Waals surface area contributed by atoms with E-state index in [1.54, 1.807) is 0 Å². The monoisotopic (exact) mass is 261 g/mol. The van der Waals surface area contributed by atoms with Crippen LogP contribution in [-0.4, -0.2) is 26.0 Å². The van der Waals surface area contributed by atoms with E-state index in [9.17, 15) is 4.79 Å². The Labute approximate surface area is 115 Å². The summed E-state index contributed by atoms with van der Waals surface area (Å²) < 4.78 is 5.95. The summed E-state index contributed by atoms with van der Waals surface area (Å²) in [7, 11) is 1.91. The lowest BCUT2D eigenvalue weighted by molar-refractivity contribution is -0.119. The fourth-order valence-corrected chi connectivity index (χ4v) is 2.81. The van der Waals surface area contributed by atoms with E-state index in [2.05, 4.69) is 17.4 Å². The van der Waals surface area contributed by atoms with Gasteiger partial charge in [-0.25, -0.2) is 0 Å². The fraction of sp³-hybridized carbons (Fsp3) is 0.562. The van der Waals surface area contributed by atoms with Crippen molar-refractivity contribution < 1.29 is 9.53 Å². The van der Waals surface area contributed by atoms with Crippen LogP contribution < -0.4 is 5.32 Å². The largest absolute Gasteiger partial charge is 0.374 e. The van der Waals surface area contributed by atoms with Crippen LogP contribution >= 0.6 is 0 Å². The highest BCUT2D eigenvalue weighted by atomic mass is 16.5. The van der Waals surface area contributed by atoms with Crippen molar-refractivity contribution >= 4 is 6.29 Å². The molecule has 2 rings (SSSR count). The third-order valence-corrected chi connectivity index (χ3v) is 4.04. The van der Waals surface area contributed by atoms with E-state index >= 15 is 0 Å². The van der Waals surface area contributed by atoms with Crippen molar-refractivity contribution in [1.29, 1.82) is 0 Å². The zero-order chi connectivity index (χ0) is 13.6. The molecular formula is C16H23NO2. The lowest BCUT2D eigenvalue weighted by Gasteiger charge is -2.35. The van der Waals surface area contributed by atoms with Gasteiger partial charge in [0.15, 0.2) is 0 Å². The summed E-state index contributed by atoms with van der Waals surface area (Å²) >= 11 is 0. The van der Waals surface area contributed by atoms with Gasteiger partial charge in [0.25, 0.3) is 0 Å². The maximum Gasteiger partial charge on any atom is 0.127 e. The summed E-state index contributed by atoms with van der Waals surface area (Å²) in [5.41, 5.74) is 1.05. The molecule has 0 aromatic heterocycles. The van der Waals surface area contributed by atoms with Gasteiger partial charge >= 0.3 is 0 Å². The molecule has 0 atom stereocenters. The average Bonchev–Trinajstić information content (AvgIpc) is 2.48. The molecule has 1 saturated carbocycles. The molecule has 0 aliphatic heterocycles. The van der Waals surface area contributed by atoms with Crippen LogP contribution in [0.5, 0.6) is 0 Å². The number of carbonyl (C=O) groups excluding carboxylic acids is 1. The van der Waals surface area contributed by atoms with Crippen LogP contribution in [-0.2, 0) is 16.1 Å². The third-order valence-electron chi connectivity index (χ3n) is 4.04. The van der Waals surface area contributed by atoms with Crippen molar-refractivity contribution in [3.05, 3.63) is 35.9 Å². The van der Waals surface area contributed by atoms with Crippen LogP contribution in [0.25, 0.3) is 0 Å². The zero-order valence-electron chi connectivity index (χ0n) is 11.6. The molecule has 0 saturated heterocycles. The molecule has 0 radical (unpaired) electrons. The number of benzene rings is 1. The molecule has 3 nitrogen and oxygen atoms in total. The maximum atomic E-state index is 11.3. The SMILES string of the molecule is CNCC1(C=O)CCC(OCc2ccccc2)CC1. The third kappa shape index (κ3) is 3.88. The highest BCUT2D eigenvalue weighted by molar-refractivity contribution is 5.60. The minimum atomic E-state index is -0.165. The lowest BCUT2D eigenvalue weighted by atomic mass is 9.74. The highest BCUT2D eigenvalue weighted by Gasteiger charge is 2.34. The number of ether oxygens (including phenoxy) is 1. The Kier molecular flexibility index (Phi) is 5.11. The van der Waals surface area contributed by atoms with Gasteiger partial charge in [-0.2, -0.15) is 0 Å². The molecule has 1 aliphatic rings. The van der Waals surface area contributed by atoms with Crippen LogP contribution in [0.15, 0.2) is 30.3 Å². The minimum absolute atomic E-state index is 0.165. The number of rotatable bonds is 6. The predicted molar refractivity (Wildman–Crippen MR) is 75.9 cm³/mol. The number of hydrogen-bond acceptors (Lipinski definition) is 3. The van der Waals surface area contributed by atoms with E-state index in [-0.39, 0.29) is 5.41 Å². The van der Waals surface area contributed by atoms with Gasteiger partial charge in [0.1, 0.15) is 6.29 Å². The molecule has 1 aliphatic carbocycles. The van der Waals surface area contributed by atoms with Crippen molar-refractivity contribution in [3.63, 3.8) is 0 Å². The second kappa shape index (κ2) is 6.83. The molecule has 0 spiro atoms. The normalized spacial score (nSPS) is 27.1. The first-order valence-corrected chi connectivity index (χ1v) is 7.04. The van der Waals surface area contributed by atoms with E-state index in [0.717, 1.165) is 38.5 Å². The molecule has 1 N–H and O–H groups in total. The van der Waals surface area contributed by atoms with Gasteiger partial charge in [0.05, 0.1) is 12.7 Å². The van der Waals surface area contributed by atoms with Crippen molar-refractivity contribution in [3.8, 4) is 0 Å². The molecule has 0 unspecified atom stereocenters. The fourth-order valence-electron chi connectivity index (χ4n) is 2.81. The number of carbonyl (C=O) groups is 1. The summed E-state index contributed by atoms with van der Waals surface area (Å²) in [4.78, 5) is 11.3. The smallest absolute Gasteiger partial charge is 0.127 e. The molecule has 0 bridgehead atoms. The van der Waals surface area contributed by atoms with Gasteiger partial charge < -0.3 is 14.8 Å². The molecule has 0 amide bonds. The highest BCUT2D eigenvalue weighted by Crippen LogP contribution is 2.35. The van der Waals surface area contributed by atoms with Crippen molar-refractivity contribution in [1.82, 2.24) is 5.32 Å². The molecule has 0 heterocycles. The van der Waals surface area contributed by atoms with E-state index in [1.165, 1.54) is 5.56 Å². The van der Waals surface area contributed by atoms with Gasteiger partial charge in [0, 0.05) is 12.0 Å². The van der Waals surface area contributed by atoms with Gasteiger partial charge in [-0.15, -0.1) is 0 Å². The maximum absolute atomic E-state index is 11.3. The Morgan fingerprint density at radius 3 is 2.58 bits per heavy atom. The standard InChI is InChI=1S/C16H23NO2/c1-17-12-16(13-18)9-7-15(8-10-16)19-11-14-5-3-2-4-6-14/h2-6,13,15,17H,7-12H2,1H3. The van der Waals surface area contributed by atoms with Crippen molar-refractivity contribution in [2.24, 2.45) is 5.41 Å². The zero-order valence-corrected chi connectivity index (χ0v) is 11.6. The van der Waals surface area contributed by atoms with E-state index in [1.807, 2.05) is 25.2 Å². The first-order valence-electron chi connectivity index (χ1n) is 7.04. The molecule has 19 heavy (non-hydrogen) atoms. The summed E-state index contributed by atoms with van der Waals surface area (Å²) in [6.07, 6.45) is 5.25. The Balaban J connectivity index is 1.79. The van der Waals surface area contributed by atoms with Crippen LogP contribution in [0.1, 0.15) is 31.2 Å². The second-order valence-electron chi connectivity index (χ2n) is 5.51. The summed E-state index contributed by atoms with van der Waals surface area (Å²) in [6.45, 7) is 1.45. The topological polar surface area (TPSA) is 38.3 Å². The molecule has 3 heteroatoms. The summed E-state index contributed by atoms with van der Waals surface area (Å²) in [5.74, 6) is 0. The van der Waals surface area contributed by atoms with Gasteiger partial charge in [-0.3, -0.25) is 0 Å². The Morgan fingerprint density at radius 1 is 1.32 bits per heavy atom. The van der Waals surface area contributed by atoms with Crippen LogP contribution in [0.3, 0.4) is 0 Å². The van der Waals surface area contributed by atoms with Crippen LogP contribution in [0.4, 0.5) is 0 Å². The second-order valence-corrected chi connectivity index (χ2v) is 5.51. The first-order chi connectivity index (χ1) is 9.28. The van der Waals surface area contributed by atoms with Crippen molar-refractivity contribution in [2.75, 3.05) is 13.6 Å². The molecule has 1 fully saturated rings. The Morgan fingerprint density at radius 2 is 2.00 bits per heavy atom. The number of hydrogen-bond donors (Lipinski definition) is 1. The van der Waals surface area contributed by atoms with E-state index in [4.69, 9.17) is 4.74 Å². The van der Waals surface area contributed by atoms with E-state index < -0.39 is 0 Å². The first kappa shape index (κ1) is 14.2. The summed E-state index contributed by atoms with van der Waals surface area (Å²) in [5, 5.41) is 3.13. The van der Waals surface area contributed by atoms with Crippen LogP contribution in [0.2, 0.25) is 0 Å². The van der Waals surface area contributed by atoms with Crippen molar-refractivity contribution in [2.45, 2.75) is 38.4 Å². The average molecular weight is 261 g/mol. The van der Waals surface area contributed by atoms with E-state index in [0.29, 0.717) is 12.7 Å². The molecular weight excluding hydrogens is 238 g/mol. The van der Waals surface area contributed by atoms with Gasteiger partial charge in [-0.05, 0) is 38.3 Å². The quantitative estimate of drug-likeness (QED) is 0.800. The van der Waals surface area contributed by atoms with Gasteiger partial charge in [-0.1, -0.05) is 30.3 Å². The molecule has 104 valence electrons. The molecule has 1 aromatic carbocycles. The van der Waals surface area contributed by atoms with Gasteiger partial charge in [0.2, 0.25) is 0 Å². The predicted octanol–water partition coefficient (Wildman–Crippen LogP) is 2.55. The summed E-state index contributed by atoms with van der Waals surface area (Å²) in [6, 6.07) is 10.2. The minimum Gasteiger partial charge on any atom is -0.374 e. The van der Waals surface area contributed by atoms with Crippen LogP contribution in [0, 0.1) is 5.41 Å². The number of aldehydes is 1. The lowest BCUT2D eigenvalue weighted by Crippen LogP contribution is -2.39. The Hall–Kier alpha value is -1.19. The number of nitrogens with one attached hydrogen (secondary N) is 1. The Bertz CT molecular complexity index is 383. The molecule has 1 aromatic rings.